The molecule has 4 heteroatoms. The van der Waals surface area contributed by atoms with E-state index in [1.165, 1.54) is 33.4 Å². The Labute approximate surface area is 252 Å². The van der Waals surface area contributed by atoms with Crippen molar-refractivity contribution >= 4 is 43.8 Å². The molecule has 2 aliphatic carbocycles. The monoisotopic (exact) mass is 654 g/mol. The second kappa shape index (κ2) is 11.2. The number of allylic oxidation sites excluding steroid dienone is 2. The summed E-state index contributed by atoms with van der Waals surface area (Å²) in [6.07, 6.45) is 5.18. The van der Waals surface area contributed by atoms with Crippen molar-refractivity contribution in [3.63, 3.8) is 0 Å². The van der Waals surface area contributed by atoms with Crippen molar-refractivity contribution in [3.05, 3.63) is 105 Å². The van der Waals surface area contributed by atoms with E-state index in [0.29, 0.717) is 19.1 Å². The van der Waals surface area contributed by atoms with Crippen LogP contribution in [0.5, 0.6) is 0 Å². The van der Waals surface area contributed by atoms with Crippen LogP contribution in [0.4, 0.5) is 0 Å². The van der Waals surface area contributed by atoms with Crippen molar-refractivity contribution in [2.24, 2.45) is 5.92 Å². The Morgan fingerprint density at radius 2 is 1.23 bits per heavy atom. The molecular weight excluding hydrogens is 611 g/mol. The molecule has 0 aliphatic heterocycles. The van der Waals surface area contributed by atoms with Gasteiger partial charge in [0.1, 0.15) is 0 Å². The maximum absolute atomic E-state index is 3.58. The Morgan fingerprint density at radius 1 is 0.667 bits per heavy atom. The Kier molecular flexibility index (Phi) is 9.32. The molecule has 0 spiro atoms. The summed E-state index contributed by atoms with van der Waals surface area (Å²) in [4.78, 5) is 0. The Hall–Kier alpha value is -1.18. The molecule has 0 heterocycles. The topological polar surface area (TPSA) is 0 Å². The zero-order chi connectivity index (χ0) is 26.9. The Balaban J connectivity index is 0.00000210. The minimum atomic E-state index is -3.58. The molecule has 2 atom stereocenters. The van der Waals surface area contributed by atoms with Crippen molar-refractivity contribution in [2.75, 3.05) is 0 Å². The van der Waals surface area contributed by atoms with E-state index in [1.807, 2.05) is 0 Å². The fraction of sp³-hybridized carbons (Fsp3) is 0.371. The van der Waals surface area contributed by atoms with Gasteiger partial charge in [0, 0.05) is 0 Å². The van der Waals surface area contributed by atoms with Crippen molar-refractivity contribution in [1.82, 2.24) is 0 Å². The van der Waals surface area contributed by atoms with Crippen LogP contribution in [0.3, 0.4) is 0 Å². The van der Waals surface area contributed by atoms with Crippen molar-refractivity contribution < 1.29 is 17.4 Å². The minimum absolute atomic E-state index is 0. The summed E-state index contributed by atoms with van der Waals surface area (Å²) in [6.45, 7) is 19.2. The van der Waals surface area contributed by atoms with Gasteiger partial charge >= 0.3 is 229 Å². The maximum Gasteiger partial charge on any atom is -0.147 e. The molecular formula is C35H46Cl2SiZr. The van der Waals surface area contributed by atoms with Crippen LogP contribution in [-0.4, -0.2) is 6.88 Å². The van der Waals surface area contributed by atoms with Crippen LogP contribution in [0.2, 0.25) is 9.26 Å². The Morgan fingerprint density at radius 3 is 1.79 bits per heavy atom. The summed E-state index contributed by atoms with van der Waals surface area (Å²) in [5.41, 5.74) is 16.8. The van der Waals surface area contributed by atoms with E-state index >= 15 is 0 Å². The predicted octanol–water partition coefficient (Wildman–Crippen LogP) is 10.5. The number of hydrogen-bond acceptors (Lipinski definition) is 0. The van der Waals surface area contributed by atoms with E-state index in [0.717, 1.165) is 0 Å². The van der Waals surface area contributed by atoms with Crippen LogP contribution >= 0.6 is 24.8 Å². The summed E-state index contributed by atoms with van der Waals surface area (Å²) >= 11 is -3.58. The maximum atomic E-state index is 2.78. The summed E-state index contributed by atoms with van der Waals surface area (Å²) < 4.78 is 6.69. The van der Waals surface area contributed by atoms with Crippen LogP contribution in [0.15, 0.2) is 65.7 Å². The number of rotatable bonds is 5. The fourth-order valence-corrected chi connectivity index (χ4v) is 28.5. The van der Waals surface area contributed by atoms with E-state index in [1.54, 1.807) is 27.8 Å². The molecule has 0 nitrogen and oxygen atoms in total. The van der Waals surface area contributed by atoms with Gasteiger partial charge in [-0.25, -0.2) is 0 Å². The van der Waals surface area contributed by atoms with Gasteiger partial charge in [-0.2, -0.15) is 0 Å². The first-order valence-corrected chi connectivity index (χ1v) is 27.8. The Bertz CT molecular complexity index is 1540. The molecule has 0 bridgehead atoms. The summed E-state index contributed by atoms with van der Waals surface area (Å²) in [6, 6.07) is 20.5. The molecule has 3 aromatic carbocycles. The third-order valence-electron chi connectivity index (χ3n) is 9.36. The summed E-state index contributed by atoms with van der Waals surface area (Å²) in [5, 5.41) is 0. The molecule has 5 rings (SSSR count). The van der Waals surface area contributed by atoms with Gasteiger partial charge in [-0.15, -0.1) is 24.8 Å². The van der Waals surface area contributed by atoms with Gasteiger partial charge in [0.15, 0.2) is 0 Å². The van der Waals surface area contributed by atoms with E-state index < -0.39 is 17.4 Å². The standard InChI is InChI=1S/C17H15.C16H21.2CH3.2ClH.H2Si.Zr/c1-12-10-16-13(2)8-9-15(17(16)11-12)14-6-4-3-5-7-14;1-10(2)13-8-15-12(5)6-7-14(11(3)4)16(15)9-13;;;;;;/h3-11H,1-2H3;6-11H,1-5H3;2*1H3;2*1H;1H2;. The van der Waals surface area contributed by atoms with E-state index in [-0.39, 0.29) is 24.8 Å². The zero-order valence-electron chi connectivity index (χ0n) is 25.2. The summed E-state index contributed by atoms with van der Waals surface area (Å²) in [7, 11) is 0. The first-order chi connectivity index (χ1) is 17.3. The van der Waals surface area contributed by atoms with Crippen LogP contribution in [0, 0.1) is 19.8 Å². The molecule has 0 amide bonds. The van der Waals surface area contributed by atoms with Crippen LogP contribution in [0.1, 0.15) is 86.7 Å². The van der Waals surface area contributed by atoms with Gasteiger partial charge in [-0.3, -0.25) is 0 Å². The normalized spacial score (nSPS) is 18.3. The van der Waals surface area contributed by atoms with Crippen molar-refractivity contribution in [2.45, 2.75) is 70.9 Å². The van der Waals surface area contributed by atoms with E-state index in [2.05, 4.69) is 131 Å². The third kappa shape index (κ3) is 5.18. The average Bonchev–Trinajstić information content (AvgIpc) is 3.41. The molecule has 208 valence electrons. The molecule has 2 aliphatic rings. The molecule has 0 N–H and O–H groups in total. The molecule has 0 radical (unpaired) electrons. The van der Waals surface area contributed by atoms with Gasteiger partial charge in [0.05, 0.1) is 0 Å². The quantitative estimate of drug-likeness (QED) is 0.240. The molecule has 0 saturated heterocycles. The van der Waals surface area contributed by atoms with Crippen LogP contribution < -0.4 is 0 Å². The SMILES string of the molecule is CC1=Cc2c(-c3ccccc3)ccc(C)c2[CH]1[Zr]([CH3])([CH3])(=[SiH2])[CH]1C(C(C)C)=Cc2c(C(C)C)ccc(C)c21.Cl.Cl. The first kappa shape index (κ1) is 32.3. The first-order valence-electron chi connectivity index (χ1n) is 14.1. The third-order valence-corrected chi connectivity index (χ3v) is 26.9. The van der Waals surface area contributed by atoms with E-state index in [9.17, 15) is 0 Å². The van der Waals surface area contributed by atoms with Gasteiger partial charge in [-0.05, 0) is 0 Å². The zero-order valence-corrected chi connectivity index (χ0v) is 30.7. The fourth-order valence-electron chi connectivity index (χ4n) is 7.83. The molecule has 39 heavy (non-hydrogen) atoms. The number of benzene rings is 3. The minimum Gasteiger partial charge on any atom is -0.147 e. The second-order valence-electron chi connectivity index (χ2n) is 13.6. The van der Waals surface area contributed by atoms with Gasteiger partial charge in [0.25, 0.3) is 0 Å². The number of halogens is 2. The van der Waals surface area contributed by atoms with Crippen LogP contribution in [0.25, 0.3) is 23.3 Å². The average molecular weight is 657 g/mol. The van der Waals surface area contributed by atoms with Crippen LogP contribution in [-0.2, 0) is 17.4 Å². The number of fused-ring (bicyclic) bond motifs is 2. The molecule has 2 unspecified atom stereocenters. The van der Waals surface area contributed by atoms with Gasteiger partial charge < -0.3 is 0 Å². The number of aryl methyl sites for hydroxylation is 2. The number of hydrogen-bond donors (Lipinski definition) is 0. The molecule has 0 fully saturated rings. The smallest absolute Gasteiger partial charge is 0.147 e. The largest absolute Gasteiger partial charge is 0.147 e. The van der Waals surface area contributed by atoms with Crippen molar-refractivity contribution in [1.29, 1.82) is 0 Å². The van der Waals surface area contributed by atoms with Gasteiger partial charge in [0.2, 0.25) is 0 Å². The molecule has 3 aromatic rings. The second-order valence-corrected chi connectivity index (χ2v) is 44.0. The summed E-state index contributed by atoms with van der Waals surface area (Å²) in [5.74, 6) is 1.09. The van der Waals surface area contributed by atoms with Gasteiger partial charge in [-0.1, -0.05) is 0 Å². The molecule has 0 saturated carbocycles. The van der Waals surface area contributed by atoms with E-state index in [4.69, 9.17) is 0 Å². The van der Waals surface area contributed by atoms with Crippen molar-refractivity contribution in [3.8, 4) is 11.1 Å². The predicted molar refractivity (Wildman–Crippen MR) is 179 cm³/mol. The molecule has 0 aromatic heterocycles.